The Morgan fingerprint density at radius 2 is 1.82 bits per heavy atom. The first kappa shape index (κ1) is 29.4. The second-order valence-corrected chi connectivity index (χ2v) is 11.6. The molecule has 1 saturated heterocycles. The molecule has 1 aliphatic carbocycles. The van der Waals surface area contributed by atoms with Gasteiger partial charge in [0, 0.05) is 50.4 Å². The van der Waals surface area contributed by atoms with Crippen LogP contribution in [-0.4, -0.2) is 81.7 Å². The highest BCUT2D eigenvalue weighted by Crippen LogP contribution is 2.20. The van der Waals surface area contributed by atoms with Crippen LogP contribution < -0.4 is 10.6 Å². The molecule has 1 atom stereocenters. The van der Waals surface area contributed by atoms with Gasteiger partial charge in [-0.1, -0.05) is 31.4 Å². The molecule has 1 aromatic heterocycles. The number of carbonyl (C=O) groups excluding carboxylic acids is 3. The minimum atomic E-state index is -0.833. The first-order chi connectivity index (χ1) is 19.1. The molecule has 1 aromatic carbocycles. The molecule has 0 bridgehead atoms. The van der Waals surface area contributed by atoms with Gasteiger partial charge >= 0.3 is 12.1 Å². The van der Waals surface area contributed by atoms with Gasteiger partial charge in [-0.3, -0.25) is 4.79 Å². The molecule has 2 aliphatic rings. The molecule has 4 amide bonds. The van der Waals surface area contributed by atoms with E-state index in [9.17, 15) is 18.8 Å². The van der Waals surface area contributed by atoms with Gasteiger partial charge in [0.05, 0.1) is 6.54 Å². The summed E-state index contributed by atoms with van der Waals surface area (Å²) in [6, 6.07) is 5.29. The molecule has 1 aliphatic heterocycles. The molecule has 0 radical (unpaired) electrons. The molecule has 0 unspecified atom stereocenters. The van der Waals surface area contributed by atoms with Gasteiger partial charge in [0.2, 0.25) is 5.91 Å². The van der Waals surface area contributed by atoms with Crippen molar-refractivity contribution in [1.82, 2.24) is 30.4 Å². The van der Waals surface area contributed by atoms with E-state index < -0.39 is 17.7 Å². The van der Waals surface area contributed by atoms with Crippen molar-refractivity contribution in [3.63, 3.8) is 0 Å². The smallest absolute Gasteiger partial charge is 0.410 e. The number of aromatic nitrogens is 2. The Labute approximate surface area is 235 Å². The van der Waals surface area contributed by atoms with Gasteiger partial charge in [-0.05, 0) is 51.3 Å². The number of rotatable bonds is 7. The van der Waals surface area contributed by atoms with E-state index in [0.29, 0.717) is 25.9 Å². The minimum Gasteiger partial charge on any atom is -0.444 e. The summed E-state index contributed by atoms with van der Waals surface area (Å²) in [6.45, 7) is 6.31. The van der Waals surface area contributed by atoms with Crippen LogP contribution >= 0.6 is 0 Å². The normalized spacial score (nSPS) is 18.4. The highest BCUT2D eigenvalue weighted by molar-refractivity contribution is 5.88. The molecule has 3 N–H and O–H groups in total. The van der Waals surface area contributed by atoms with Gasteiger partial charge in [-0.2, -0.15) is 0 Å². The van der Waals surface area contributed by atoms with E-state index in [1.54, 1.807) is 44.0 Å². The van der Waals surface area contributed by atoms with Gasteiger partial charge in [0.15, 0.2) is 0 Å². The number of imidazole rings is 1. The molecule has 1 saturated carbocycles. The zero-order valence-corrected chi connectivity index (χ0v) is 23.7. The van der Waals surface area contributed by atoms with Crippen LogP contribution in [0.2, 0.25) is 0 Å². The van der Waals surface area contributed by atoms with Crippen LogP contribution in [0.25, 0.3) is 0 Å². The second kappa shape index (κ2) is 13.1. The van der Waals surface area contributed by atoms with Gasteiger partial charge in [-0.15, -0.1) is 0 Å². The average Bonchev–Trinajstić information content (AvgIpc) is 3.36. The summed E-state index contributed by atoms with van der Waals surface area (Å²) >= 11 is 0. The largest absolute Gasteiger partial charge is 0.444 e. The molecule has 10 nitrogen and oxygen atoms in total. The number of piperazine rings is 1. The third kappa shape index (κ3) is 8.43. The lowest BCUT2D eigenvalue weighted by Crippen LogP contribution is -2.64. The lowest BCUT2D eigenvalue weighted by atomic mass is 9.95. The number of H-pyrrole nitrogens is 1. The van der Waals surface area contributed by atoms with E-state index in [0.717, 1.165) is 42.8 Å². The molecule has 2 aromatic rings. The third-order valence-electron chi connectivity index (χ3n) is 7.19. The van der Waals surface area contributed by atoms with Crippen LogP contribution in [0.4, 0.5) is 14.0 Å². The molecule has 0 spiro atoms. The summed E-state index contributed by atoms with van der Waals surface area (Å²) in [5.74, 6) is 0.147. The van der Waals surface area contributed by atoms with E-state index in [1.807, 2.05) is 0 Å². The van der Waals surface area contributed by atoms with E-state index >= 15 is 0 Å². The highest BCUT2D eigenvalue weighted by Gasteiger charge is 2.38. The lowest BCUT2D eigenvalue weighted by Gasteiger charge is -2.41. The minimum absolute atomic E-state index is 0.0602. The maximum atomic E-state index is 13.4. The molecule has 11 heteroatoms. The summed E-state index contributed by atoms with van der Waals surface area (Å²) in [5.41, 5.74) is 1.13. The van der Waals surface area contributed by atoms with Crippen LogP contribution in [0.3, 0.4) is 0 Å². The van der Waals surface area contributed by atoms with Crippen molar-refractivity contribution in [2.24, 2.45) is 0 Å². The Hall–Kier alpha value is -3.63. The van der Waals surface area contributed by atoms with Crippen molar-refractivity contribution in [3.05, 3.63) is 53.4 Å². The molecular weight excluding hydrogens is 515 g/mol. The lowest BCUT2D eigenvalue weighted by molar-refractivity contribution is -0.127. The average molecular weight is 557 g/mol. The summed E-state index contributed by atoms with van der Waals surface area (Å²) in [5, 5.41) is 6.04. The van der Waals surface area contributed by atoms with Crippen molar-refractivity contribution >= 4 is 18.0 Å². The van der Waals surface area contributed by atoms with Gasteiger partial charge in [0.1, 0.15) is 23.3 Å². The van der Waals surface area contributed by atoms with Crippen molar-refractivity contribution in [1.29, 1.82) is 0 Å². The topological polar surface area (TPSA) is 120 Å². The molecule has 40 heavy (non-hydrogen) atoms. The van der Waals surface area contributed by atoms with Gasteiger partial charge < -0.3 is 30.2 Å². The molecule has 218 valence electrons. The van der Waals surface area contributed by atoms with Crippen molar-refractivity contribution in [2.75, 3.05) is 26.2 Å². The van der Waals surface area contributed by atoms with Gasteiger partial charge in [0.25, 0.3) is 0 Å². The highest BCUT2D eigenvalue weighted by atomic mass is 19.1. The van der Waals surface area contributed by atoms with Crippen molar-refractivity contribution in [2.45, 2.75) is 83.4 Å². The summed E-state index contributed by atoms with van der Waals surface area (Å²) < 4.78 is 18.7. The van der Waals surface area contributed by atoms with E-state index in [4.69, 9.17) is 4.74 Å². The van der Waals surface area contributed by atoms with Crippen LogP contribution in [0.15, 0.2) is 30.5 Å². The zero-order valence-electron chi connectivity index (χ0n) is 23.7. The molecule has 4 rings (SSSR count). The second-order valence-electron chi connectivity index (χ2n) is 11.6. The third-order valence-corrected chi connectivity index (χ3v) is 7.19. The Morgan fingerprint density at radius 1 is 1.10 bits per heavy atom. The fourth-order valence-electron chi connectivity index (χ4n) is 5.10. The van der Waals surface area contributed by atoms with Crippen molar-refractivity contribution < 1.29 is 23.5 Å². The van der Waals surface area contributed by atoms with E-state index in [1.165, 1.54) is 23.5 Å². The summed E-state index contributed by atoms with van der Waals surface area (Å²) in [4.78, 5) is 50.0. The number of amides is 4. The Bertz CT molecular complexity index is 1160. The summed E-state index contributed by atoms with van der Waals surface area (Å²) in [7, 11) is 0. The number of hydrogen-bond acceptors (Lipinski definition) is 5. The van der Waals surface area contributed by atoms with Crippen LogP contribution in [0.1, 0.15) is 70.0 Å². The maximum absolute atomic E-state index is 13.4. The van der Waals surface area contributed by atoms with Crippen LogP contribution in [0, 0.1) is 5.82 Å². The molecule has 2 heterocycles. The fourth-order valence-corrected chi connectivity index (χ4v) is 5.10. The molecular formula is C29H41FN6O4. The van der Waals surface area contributed by atoms with E-state index in [-0.39, 0.29) is 36.9 Å². The Balaban J connectivity index is 1.35. The monoisotopic (exact) mass is 556 g/mol. The SMILES string of the molecule is CC(C)(C)OC(=O)N1CCN(C(=O)NC2CCCCC2)[C@@H](C(=O)NCCc2cnc(Cc3ccc(F)cc3)[nH]2)C1. The summed E-state index contributed by atoms with van der Waals surface area (Å²) in [6.07, 6.45) is 7.50. The number of halogens is 1. The first-order valence-electron chi connectivity index (χ1n) is 14.2. The number of hydrogen-bond donors (Lipinski definition) is 3. The maximum Gasteiger partial charge on any atom is 0.410 e. The van der Waals surface area contributed by atoms with Crippen molar-refractivity contribution in [3.8, 4) is 0 Å². The number of nitrogens with zero attached hydrogens (tertiary/aromatic N) is 3. The predicted octanol–water partition coefficient (Wildman–Crippen LogP) is 3.76. The Kier molecular flexibility index (Phi) is 9.65. The number of nitrogens with one attached hydrogen (secondary N) is 3. The number of aromatic amines is 1. The van der Waals surface area contributed by atoms with Gasteiger partial charge in [-0.25, -0.2) is 19.0 Å². The predicted molar refractivity (Wildman–Crippen MR) is 148 cm³/mol. The van der Waals surface area contributed by atoms with Crippen LogP contribution in [-0.2, 0) is 22.4 Å². The van der Waals surface area contributed by atoms with Crippen LogP contribution in [0.5, 0.6) is 0 Å². The first-order valence-corrected chi connectivity index (χ1v) is 14.2. The standard InChI is InChI=1S/C29H41FN6O4/c1-29(2,3)40-28(39)35-15-16-36(27(38)34-22-7-5-4-6-8-22)24(19-35)26(37)31-14-13-23-18-32-25(33-23)17-20-9-11-21(30)12-10-20/h9-12,18,22,24H,4-8,13-17,19H2,1-3H3,(H,31,37)(H,32,33)(H,34,38)/t24-/m1/s1. The Morgan fingerprint density at radius 3 is 2.52 bits per heavy atom. The number of benzene rings is 1. The molecule has 2 fully saturated rings. The quantitative estimate of drug-likeness (QED) is 0.480. The van der Waals surface area contributed by atoms with E-state index in [2.05, 4.69) is 20.6 Å². The number of urea groups is 1. The number of ether oxygens (including phenoxy) is 1. The fraction of sp³-hybridized carbons (Fsp3) is 0.586. The number of carbonyl (C=O) groups is 3. The zero-order chi connectivity index (χ0) is 28.7.